The van der Waals surface area contributed by atoms with E-state index in [1.54, 1.807) is 0 Å². The molecule has 0 atom stereocenters. The van der Waals surface area contributed by atoms with Crippen LogP contribution in [-0.4, -0.2) is 17.1 Å². The molecule has 1 N–H and O–H groups in total. The molecule has 10 heavy (non-hydrogen) atoms. The maximum atomic E-state index is 8.95. The highest BCUT2D eigenvalue weighted by Gasteiger charge is 1.91. The van der Waals surface area contributed by atoms with Gasteiger partial charge >= 0.3 is 0 Å². The molecule has 1 aromatic rings. The first-order chi connectivity index (χ1) is 6.68. The second kappa shape index (κ2) is 3.17. The van der Waals surface area contributed by atoms with Crippen LogP contribution in [0.5, 0.6) is 5.88 Å². The quantitative estimate of drug-likeness (QED) is 0.660. The first-order valence-electron chi connectivity index (χ1n) is 5.06. The molecule has 0 aliphatic rings. The van der Waals surface area contributed by atoms with Crippen LogP contribution < -0.4 is 4.74 Å². The average Bonchev–Trinajstić information content (AvgIpc) is 2.00. The van der Waals surface area contributed by atoms with E-state index in [2.05, 4.69) is 9.72 Å². The third-order valence-electron chi connectivity index (χ3n) is 0.970. The third-order valence-corrected chi connectivity index (χ3v) is 0.970. The summed E-state index contributed by atoms with van der Waals surface area (Å²) in [4.78, 5) is 3.55. The van der Waals surface area contributed by atoms with Crippen molar-refractivity contribution in [1.29, 1.82) is 0 Å². The highest BCUT2D eigenvalue weighted by Crippen LogP contribution is 2.05. The molecule has 0 saturated carbocycles. The van der Waals surface area contributed by atoms with Crippen molar-refractivity contribution in [3.8, 4) is 5.88 Å². The van der Waals surface area contributed by atoms with Gasteiger partial charge in [-0.2, -0.15) is 0 Å². The molecule has 1 heterocycles. The van der Waals surface area contributed by atoms with Crippen LogP contribution in [0.25, 0.3) is 0 Å². The van der Waals surface area contributed by atoms with Gasteiger partial charge in [0.2, 0.25) is 5.88 Å². The van der Waals surface area contributed by atoms with Crippen LogP contribution >= 0.6 is 0 Å². The van der Waals surface area contributed by atoms with Crippen LogP contribution in [0.1, 0.15) is 12.4 Å². The number of ether oxygens (including phenoxy) is 1. The van der Waals surface area contributed by atoms with E-state index in [-0.39, 0.29) is 11.4 Å². The van der Waals surface area contributed by atoms with Gasteiger partial charge in [0.15, 0.2) is 0 Å². The van der Waals surface area contributed by atoms with Crippen molar-refractivity contribution < 1.29 is 16.7 Å². The Morgan fingerprint density at radius 1 is 1.90 bits per heavy atom. The lowest BCUT2D eigenvalue weighted by Crippen LogP contribution is -1.88. The third kappa shape index (κ3) is 1.45. The van der Waals surface area contributed by atoms with E-state index in [1.165, 1.54) is 12.1 Å². The maximum Gasteiger partial charge on any atom is 0.212 e. The second-order valence-corrected chi connectivity index (χ2v) is 1.60. The van der Waals surface area contributed by atoms with Crippen molar-refractivity contribution in [2.24, 2.45) is 0 Å². The number of rotatable bonds is 2. The highest BCUT2D eigenvalue weighted by molar-refractivity contribution is 5.16. The number of aromatic nitrogens is 1. The molecular weight excluding hydrogens is 130 g/mol. The average molecular weight is 144 g/mol. The molecule has 0 spiro atoms. The van der Waals surface area contributed by atoms with Crippen LogP contribution in [0.15, 0.2) is 18.3 Å². The van der Waals surface area contributed by atoms with Crippen LogP contribution in [-0.2, 0) is 6.56 Å². The highest BCUT2D eigenvalue weighted by atomic mass is 16.5. The van der Waals surface area contributed by atoms with Crippen molar-refractivity contribution >= 4 is 0 Å². The summed E-state index contributed by atoms with van der Waals surface area (Å²) in [6, 6.07) is 2.38. The van der Waals surface area contributed by atoms with E-state index in [1.807, 2.05) is 0 Å². The van der Waals surface area contributed by atoms with E-state index < -0.39 is 13.6 Å². The first kappa shape index (κ1) is 2.88. The smallest absolute Gasteiger partial charge is 0.212 e. The lowest BCUT2D eigenvalue weighted by Gasteiger charge is -1.97. The Morgan fingerprint density at radius 3 is 3.30 bits per heavy atom. The molecule has 0 saturated heterocycles. The lowest BCUT2D eigenvalue weighted by atomic mass is 10.3. The summed E-state index contributed by atoms with van der Waals surface area (Å²) < 4.78 is 38.7. The molecule has 1 rings (SSSR count). The molecule has 0 aromatic carbocycles. The predicted molar refractivity (Wildman–Crippen MR) is 36.7 cm³/mol. The summed E-state index contributed by atoms with van der Waals surface area (Å²) in [7, 11) is -2.59. The Balaban J connectivity index is 2.82. The molecule has 0 radical (unpaired) electrons. The second-order valence-electron chi connectivity index (χ2n) is 1.60. The molecular formula is C7H9NO2. The van der Waals surface area contributed by atoms with Gasteiger partial charge in [0.25, 0.3) is 0 Å². The van der Waals surface area contributed by atoms with E-state index >= 15 is 0 Å². The summed E-state index contributed by atoms with van der Waals surface area (Å²) in [6.45, 7) is -2.49. The summed E-state index contributed by atoms with van der Waals surface area (Å²) in [5.74, 6) is -0.150. The SMILES string of the molecule is [2H]C([2H])([2H])Oc1ccc(C([2H])([2H])O)cn1. The number of hydrogen-bond acceptors (Lipinski definition) is 3. The molecule has 0 aliphatic carbocycles. The minimum Gasteiger partial charge on any atom is -0.481 e. The molecule has 1 aromatic heterocycles. The van der Waals surface area contributed by atoms with Crippen LogP contribution in [0.2, 0.25) is 0 Å². The molecule has 3 nitrogen and oxygen atoms in total. The predicted octanol–water partition coefficient (Wildman–Crippen LogP) is 0.583. The van der Waals surface area contributed by atoms with Crippen molar-refractivity contribution in [1.82, 2.24) is 4.98 Å². The molecule has 0 bridgehead atoms. The standard InChI is InChI=1S/C7H9NO2/c1-10-7-3-2-6(5-9)4-8-7/h2-4,9H,5H2,1H3/i1D3,5D2. The number of pyridine rings is 1. The van der Waals surface area contributed by atoms with Gasteiger partial charge in [0.1, 0.15) is 0 Å². The molecule has 0 amide bonds. The summed E-state index contributed by atoms with van der Waals surface area (Å²) in [5, 5.41) is 8.95. The largest absolute Gasteiger partial charge is 0.481 e. The zero-order valence-electron chi connectivity index (χ0n) is 10.0. The van der Waals surface area contributed by atoms with Crippen LogP contribution in [0.4, 0.5) is 0 Å². The van der Waals surface area contributed by atoms with Gasteiger partial charge in [-0.3, -0.25) is 0 Å². The van der Waals surface area contributed by atoms with Gasteiger partial charge in [0, 0.05) is 12.3 Å². The van der Waals surface area contributed by atoms with Crippen molar-refractivity contribution in [2.45, 2.75) is 6.56 Å². The molecule has 0 aliphatic heterocycles. The molecule has 0 unspecified atom stereocenters. The fourth-order valence-corrected chi connectivity index (χ4v) is 0.507. The Hall–Kier alpha value is -1.09. The first-order valence-corrected chi connectivity index (χ1v) is 2.56. The number of nitrogens with zero attached hydrogens (tertiary/aromatic N) is 1. The lowest BCUT2D eigenvalue weighted by molar-refractivity contribution is 0.281. The van der Waals surface area contributed by atoms with E-state index in [9.17, 15) is 0 Å². The summed E-state index contributed by atoms with van der Waals surface area (Å²) in [6.07, 6.45) is 1.01. The topological polar surface area (TPSA) is 42.4 Å². The minimum absolute atomic E-state index is 0.0691. The van der Waals surface area contributed by atoms with Crippen molar-refractivity contribution in [3.63, 3.8) is 0 Å². The zero-order chi connectivity index (χ0) is 11.7. The normalized spacial score (nSPS) is 19.5. The fraction of sp³-hybridized carbons (Fsp3) is 0.286. The Labute approximate surface area is 66.3 Å². The van der Waals surface area contributed by atoms with Crippen LogP contribution in [0.3, 0.4) is 0 Å². The number of aliphatic hydroxyl groups is 1. The Kier molecular flexibility index (Phi) is 0.914. The fourth-order valence-electron chi connectivity index (χ4n) is 0.507. The summed E-state index contributed by atoms with van der Waals surface area (Å²) in [5.41, 5.74) is -0.0691. The molecule has 54 valence electrons. The van der Waals surface area contributed by atoms with Crippen molar-refractivity contribution in [3.05, 3.63) is 23.9 Å². The van der Waals surface area contributed by atoms with Gasteiger partial charge in [-0.1, -0.05) is 0 Å². The van der Waals surface area contributed by atoms with Gasteiger partial charge < -0.3 is 9.84 Å². The van der Waals surface area contributed by atoms with Crippen LogP contribution in [0, 0.1) is 0 Å². The number of hydrogen-bond donors (Lipinski definition) is 1. The van der Waals surface area contributed by atoms with Gasteiger partial charge in [-0.05, 0) is 11.6 Å². The monoisotopic (exact) mass is 144 g/mol. The van der Waals surface area contributed by atoms with Gasteiger partial charge in [0.05, 0.1) is 20.5 Å². The van der Waals surface area contributed by atoms with Gasteiger partial charge in [-0.15, -0.1) is 0 Å². The minimum atomic E-state index is -2.59. The van der Waals surface area contributed by atoms with E-state index in [0.717, 1.165) is 6.20 Å². The van der Waals surface area contributed by atoms with E-state index in [4.69, 9.17) is 12.0 Å². The van der Waals surface area contributed by atoms with E-state index in [0.29, 0.717) is 0 Å². The Morgan fingerprint density at radius 2 is 2.80 bits per heavy atom. The van der Waals surface area contributed by atoms with Gasteiger partial charge in [-0.25, -0.2) is 4.98 Å². The Bertz CT molecular complexity index is 329. The zero-order valence-corrected chi connectivity index (χ0v) is 5.03. The summed E-state index contributed by atoms with van der Waals surface area (Å²) >= 11 is 0. The number of methoxy groups -OCH3 is 1. The maximum absolute atomic E-state index is 8.95. The molecule has 0 fully saturated rings. The molecule has 3 heteroatoms. The van der Waals surface area contributed by atoms with Crippen molar-refractivity contribution in [2.75, 3.05) is 7.04 Å².